The third-order valence-corrected chi connectivity index (χ3v) is 4.96. The first-order valence-electron chi connectivity index (χ1n) is 7.44. The Morgan fingerprint density at radius 2 is 1.78 bits per heavy atom. The summed E-state index contributed by atoms with van der Waals surface area (Å²) in [5.41, 5.74) is 2.94. The molecule has 1 aromatic rings. The molecular formula is C17H25Br. The van der Waals surface area contributed by atoms with E-state index in [0.29, 0.717) is 4.83 Å². The smallest absolute Gasteiger partial charge is 0.0188 e. The molecule has 2 rings (SSSR count). The maximum atomic E-state index is 3.91. The van der Waals surface area contributed by atoms with Crippen molar-refractivity contribution in [3.05, 3.63) is 35.4 Å². The van der Waals surface area contributed by atoms with Gasteiger partial charge < -0.3 is 0 Å². The fourth-order valence-electron chi connectivity index (χ4n) is 3.12. The van der Waals surface area contributed by atoms with Crippen LogP contribution in [-0.4, -0.2) is 4.83 Å². The van der Waals surface area contributed by atoms with E-state index in [-0.39, 0.29) is 0 Å². The predicted octanol–water partition coefficient (Wildman–Crippen LogP) is 5.66. The van der Waals surface area contributed by atoms with E-state index in [0.717, 1.165) is 5.92 Å². The highest BCUT2D eigenvalue weighted by atomic mass is 79.9. The Morgan fingerprint density at radius 1 is 1.11 bits per heavy atom. The highest BCUT2D eigenvalue weighted by molar-refractivity contribution is 9.09. The summed E-state index contributed by atoms with van der Waals surface area (Å²) >= 11 is 3.91. The van der Waals surface area contributed by atoms with Crippen molar-refractivity contribution >= 4 is 15.9 Å². The molecule has 0 bridgehead atoms. The van der Waals surface area contributed by atoms with Gasteiger partial charge in [-0.25, -0.2) is 0 Å². The molecule has 1 aromatic carbocycles. The van der Waals surface area contributed by atoms with Gasteiger partial charge in [-0.2, -0.15) is 0 Å². The number of rotatable bonds is 4. The lowest BCUT2D eigenvalue weighted by molar-refractivity contribution is 0.423. The molecule has 1 fully saturated rings. The number of halogens is 1. The van der Waals surface area contributed by atoms with Crippen molar-refractivity contribution in [2.75, 3.05) is 0 Å². The van der Waals surface area contributed by atoms with Gasteiger partial charge in [0.1, 0.15) is 0 Å². The number of hydrogen-bond acceptors (Lipinski definition) is 0. The standard InChI is InChI=1S/C17H25Br/c1-14-8-6-7-11-16(14)13-17(18)12-15-9-4-2-3-5-10-15/h6-8,11,15,17H,2-5,9-10,12-13H2,1H3. The Hall–Kier alpha value is -0.300. The molecule has 0 spiro atoms. The van der Waals surface area contributed by atoms with E-state index in [1.54, 1.807) is 0 Å². The van der Waals surface area contributed by atoms with Gasteiger partial charge in [-0.05, 0) is 36.8 Å². The normalized spacial score (nSPS) is 19.4. The van der Waals surface area contributed by atoms with Crippen LogP contribution in [0.2, 0.25) is 0 Å². The fraction of sp³-hybridized carbons (Fsp3) is 0.647. The molecule has 1 unspecified atom stereocenters. The average Bonchev–Trinajstić information content (AvgIpc) is 2.61. The van der Waals surface area contributed by atoms with Gasteiger partial charge in [-0.3, -0.25) is 0 Å². The largest absolute Gasteiger partial charge is 0.0887 e. The molecule has 0 amide bonds. The van der Waals surface area contributed by atoms with Gasteiger partial charge in [0.25, 0.3) is 0 Å². The first-order valence-corrected chi connectivity index (χ1v) is 8.36. The van der Waals surface area contributed by atoms with Gasteiger partial charge in [-0.15, -0.1) is 0 Å². The average molecular weight is 309 g/mol. The molecule has 0 aliphatic heterocycles. The zero-order valence-electron chi connectivity index (χ0n) is 11.5. The molecule has 0 nitrogen and oxygen atoms in total. The first-order chi connectivity index (χ1) is 8.75. The van der Waals surface area contributed by atoms with Crippen molar-refractivity contribution < 1.29 is 0 Å². The van der Waals surface area contributed by atoms with Gasteiger partial charge in [0, 0.05) is 4.83 Å². The Kier molecular flexibility index (Phi) is 5.75. The highest BCUT2D eigenvalue weighted by Crippen LogP contribution is 2.29. The third-order valence-electron chi connectivity index (χ3n) is 4.27. The maximum absolute atomic E-state index is 3.91. The minimum Gasteiger partial charge on any atom is -0.0887 e. The summed E-state index contributed by atoms with van der Waals surface area (Å²) < 4.78 is 0. The highest BCUT2D eigenvalue weighted by Gasteiger charge is 2.17. The van der Waals surface area contributed by atoms with Crippen LogP contribution in [0, 0.1) is 12.8 Å². The second-order valence-corrected chi connectivity index (χ2v) is 7.12. The first kappa shape index (κ1) is 14.1. The van der Waals surface area contributed by atoms with Crippen molar-refractivity contribution in [1.29, 1.82) is 0 Å². The minimum absolute atomic E-state index is 0.654. The second kappa shape index (κ2) is 7.33. The molecule has 1 aliphatic rings. The van der Waals surface area contributed by atoms with Gasteiger partial charge in [-0.1, -0.05) is 78.7 Å². The molecule has 0 aromatic heterocycles. The monoisotopic (exact) mass is 308 g/mol. The van der Waals surface area contributed by atoms with Crippen LogP contribution in [0.4, 0.5) is 0 Å². The van der Waals surface area contributed by atoms with Gasteiger partial charge in [0.2, 0.25) is 0 Å². The molecule has 0 saturated heterocycles. The lowest BCUT2D eigenvalue weighted by atomic mass is 9.92. The quantitative estimate of drug-likeness (QED) is 0.497. The number of aryl methyl sites for hydroxylation is 1. The summed E-state index contributed by atoms with van der Waals surface area (Å²) in [7, 11) is 0. The molecule has 0 heterocycles. The lowest BCUT2D eigenvalue weighted by Crippen LogP contribution is -2.11. The third kappa shape index (κ3) is 4.42. The van der Waals surface area contributed by atoms with E-state index in [1.165, 1.54) is 62.5 Å². The van der Waals surface area contributed by atoms with Crippen molar-refractivity contribution in [3.63, 3.8) is 0 Å². The van der Waals surface area contributed by atoms with Crippen LogP contribution in [0.3, 0.4) is 0 Å². The van der Waals surface area contributed by atoms with E-state index in [2.05, 4.69) is 47.1 Å². The lowest BCUT2D eigenvalue weighted by Gasteiger charge is -2.19. The Bertz CT molecular complexity index is 350. The number of hydrogen-bond donors (Lipinski definition) is 0. The van der Waals surface area contributed by atoms with Gasteiger partial charge in [0.05, 0.1) is 0 Å². The summed E-state index contributed by atoms with van der Waals surface area (Å²) in [6.07, 6.45) is 11.3. The summed E-state index contributed by atoms with van der Waals surface area (Å²) in [6.45, 7) is 2.22. The van der Waals surface area contributed by atoms with Crippen molar-refractivity contribution in [2.45, 2.75) is 63.1 Å². The fourth-order valence-corrected chi connectivity index (χ4v) is 4.00. The molecule has 0 radical (unpaired) electrons. The molecule has 1 saturated carbocycles. The van der Waals surface area contributed by atoms with E-state index in [9.17, 15) is 0 Å². The van der Waals surface area contributed by atoms with Crippen molar-refractivity contribution in [1.82, 2.24) is 0 Å². The molecule has 0 N–H and O–H groups in total. The van der Waals surface area contributed by atoms with E-state index < -0.39 is 0 Å². The molecule has 1 atom stereocenters. The van der Waals surface area contributed by atoms with Gasteiger partial charge >= 0.3 is 0 Å². The molecule has 1 heteroatoms. The van der Waals surface area contributed by atoms with Gasteiger partial charge in [0.15, 0.2) is 0 Å². The number of benzene rings is 1. The topological polar surface area (TPSA) is 0 Å². The Balaban J connectivity index is 1.84. The summed E-state index contributed by atoms with van der Waals surface area (Å²) in [4.78, 5) is 0.654. The van der Waals surface area contributed by atoms with Crippen molar-refractivity contribution in [3.8, 4) is 0 Å². The van der Waals surface area contributed by atoms with Crippen LogP contribution < -0.4 is 0 Å². The predicted molar refractivity (Wildman–Crippen MR) is 83.4 cm³/mol. The Labute approximate surface area is 120 Å². The number of alkyl halides is 1. The van der Waals surface area contributed by atoms with Crippen LogP contribution in [0.1, 0.15) is 56.1 Å². The molecule has 1 aliphatic carbocycles. The molecule has 18 heavy (non-hydrogen) atoms. The Morgan fingerprint density at radius 3 is 2.44 bits per heavy atom. The van der Waals surface area contributed by atoms with Crippen LogP contribution in [0.15, 0.2) is 24.3 Å². The maximum Gasteiger partial charge on any atom is 0.0188 e. The minimum atomic E-state index is 0.654. The van der Waals surface area contributed by atoms with E-state index >= 15 is 0 Å². The summed E-state index contributed by atoms with van der Waals surface area (Å²) in [5, 5.41) is 0. The second-order valence-electron chi connectivity index (χ2n) is 5.82. The summed E-state index contributed by atoms with van der Waals surface area (Å²) in [6, 6.07) is 8.79. The zero-order chi connectivity index (χ0) is 12.8. The van der Waals surface area contributed by atoms with Crippen LogP contribution in [0.5, 0.6) is 0 Å². The van der Waals surface area contributed by atoms with E-state index in [4.69, 9.17) is 0 Å². The van der Waals surface area contributed by atoms with Crippen molar-refractivity contribution in [2.24, 2.45) is 5.92 Å². The van der Waals surface area contributed by atoms with Crippen LogP contribution in [-0.2, 0) is 6.42 Å². The van der Waals surface area contributed by atoms with Crippen LogP contribution in [0.25, 0.3) is 0 Å². The van der Waals surface area contributed by atoms with Crippen LogP contribution >= 0.6 is 15.9 Å². The zero-order valence-corrected chi connectivity index (χ0v) is 13.1. The van der Waals surface area contributed by atoms with E-state index in [1.807, 2.05) is 0 Å². The molecule has 100 valence electrons. The molecular weight excluding hydrogens is 284 g/mol. The SMILES string of the molecule is Cc1ccccc1CC(Br)CC1CCCCCC1. The summed E-state index contributed by atoms with van der Waals surface area (Å²) in [5.74, 6) is 0.959.